The summed E-state index contributed by atoms with van der Waals surface area (Å²) in [7, 11) is 0. The van der Waals surface area contributed by atoms with Crippen LogP contribution in [-0.2, 0) is 14.2 Å². The number of carbonyl (C=O) groups is 1. The zero-order valence-electron chi connectivity index (χ0n) is 19.7. The number of hydrogen-bond acceptors (Lipinski definition) is 5. The number of unbranched alkanes of at least 4 members (excludes halogenated alkanes) is 1. The Kier molecular flexibility index (Phi) is 6.46. The molecule has 0 radical (unpaired) electrons. The standard InChI is InChI=1S/C25H41NO5/c1-6-7-12-26-23(27)31-18-9-10-24(5,28)22-20-17(15(2)3)8-11-25(14-29-25)21(20)19(30-22)13-16(18)4/h15,17-22,28H,4,6-14H2,1-3,5H3,(H,26,27)/t17-,18+,19-,20-,21-,22-,24-,25?/m1/s1. The molecular formula is C25H41NO5. The minimum atomic E-state index is -0.983. The van der Waals surface area contributed by atoms with Crippen LogP contribution < -0.4 is 5.32 Å². The molecule has 176 valence electrons. The number of hydrogen-bond donors (Lipinski definition) is 2. The number of rotatable bonds is 5. The predicted molar refractivity (Wildman–Crippen MR) is 119 cm³/mol. The maximum atomic E-state index is 12.3. The van der Waals surface area contributed by atoms with Crippen LogP contribution in [0.1, 0.15) is 72.6 Å². The van der Waals surface area contributed by atoms with Crippen molar-refractivity contribution >= 4 is 6.09 Å². The monoisotopic (exact) mass is 435 g/mol. The van der Waals surface area contributed by atoms with E-state index in [1.54, 1.807) is 0 Å². The fourth-order valence-electron chi connectivity index (χ4n) is 6.53. The quantitative estimate of drug-likeness (QED) is 0.384. The van der Waals surface area contributed by atoms with Gasteiger partial charge in [-0.05, 0) is 68.8 Å². The number of amides is 1. The van der Waals surface area contributed by atoms with Crippen LogP contribution in [0.5, 0.6) is 0 Å². The van der Waals surface area contributed by atoms with E-state index in [1.165, 1.54) is 0 Å². The molecule has 31 heavy (non-hydrogen) atoms. The zero-order chi connectivity index (χ0) is 22.4. The van der Waals surface area contributed by atoms with Gasteiger partial charge in [-0.15, -0.1) is 0 Å². The van der Waals surface area contributed by atoms with Crippen molar-refractivity contribution in [3.05, 3.63) is 12.2 Å². The highest BCUT2D eigenvalue weighted by molar-refractivity contribution is 5.67. The molecule has 3 aliphatic heterocycles. The third kappa shape index (κ3) is 4.40. The summed E-state index contributed by atoms with van der Waals surface area (Å²) in [6, 6.07) is 0. The van der Waals surface area contributed by atoms with Gasteiger partial charge in [-0.3, -0.25) is 0 Å². The molecular weight excluding hydrogens is 394 g/mol. The topological polar surface area (TPSA) is 80.3 Å². The van der Waals surface area contributed by atoms with E-state index in [0.29, 0.717) is 43.6 Å². The van der Waals surface area contributed by atoms with Crippen LogP contribution >= 0.6 is 0 Å². The molecule has 1 saturated carbocycles. The number of fused-ring (bicyclic) bond motifs is 6. The van der Waals surface area contributed by atoms with Gasteiger partial charge in [0.2, 0.25) is 0 Å². The highest BCUT2D eigenvalue weighted by atomic mass is 16.6. The highest BCUT2D eigenvalue weighted by Crippen LogP contribution is 2.61. The number of epoxide rings is 1. The van der Waals surface area contributed by atoms with E-state index < -0.39 is 17.8 Å². The van der Waals surface area contributed by atoms with Crippen molar-refractivity contribution in [1.82, 2.24) is 5.32 Å². The average molecular weight is 436 g/mol. The van der Waals surface area contributed by atoms with E-state index in [2.05, 4.69) is 32.7 Å². The first-order chi connectivity index (χ1) is 14.7. The molecule has 1 unspecified atom stereocenters. The molecule has 1 aliphatic carbocycles. The van der Waals surface area contributed by atoms with Gasteiger partial charge in [0.15, 0.2) is 0 Å². The molecule has 8 atom stereocenters. The number of alkyl carbamates (subject to hydrolysis) is 1. The van der Waals surface area contributed by atoms with Crippen molar-refractivity contribution < 1.29 is 24.1 Å². The molecule has 2 N–H and O–H groups in total. The molecule has 4 aliphatic rings. The Morgan fingerprint density at radius 3 is 2.74 bits per heavy atom. The molecule has 1 spiro atoms. The van der Waals surface area contributed by atoms with Crippen LogP contribution in [0.15, 0.2) is 12.2 Å². The van der Waals surface area contributed by atoms with Gasteiger partial charge in [0.1, 0.15) is 6.10 Å². The summed E-state index contributed by atoms with van der Waals surface area (Å²) < 4.78 is 18.5. The first kappa shape index (κ1) is 23.1. The van der Waals surface area contributed by atoms with Crippen molar-refractivity contribution in [3.8, 4) is 0 Å². The van der Waals surface area contributed by atoms with Crippen LogP contribution in [0.2, 0.25) is 0 Å². The lowest BCUT2D eigenvalue weighted by molar-refractivity contribution is -0.118. The molecule has 3 saturated heterocycles. The third-order valence-electron chi connectivity index (χ3n) is 8.35. The van der Waals surface area contributed by atoms with E-state index in [-0.39, 0.29) is 23.7 Å². The Morgan fingerprint density at radius 2 is 2.10 bits per heavy atom. The summed E-state index contributed by atoms with van der Waals surface area (Å²) in [4.78, 5) is 12.3. The third-order valence-corrected chi connectivity index (χ3v) is 8.35. The molecule has 1 amide bonds. The minimum Gasteiger partial charge on any atom is -0.442 e. The van der Waals surface area contributed by atoms with Gasteiger partial charge in [0, 0.05) is 12.5 Å². The second kappa shape index (κ2) is 8.68. The molecule has 6 heteroatoms. The van der Waals surface area contributed by atoms with E-state index in [4.69, 9.17) is 14.2 Å². The molecule has 4 fully saturated rings. The zero-order valence-corrected chi connectivity index (χ0v) is 19.7. The summed E-state index contributed by atoms with van der Waals surface area (Å²) in [6.07, 6.45) is 4.78. The average Bonchev–Trinajstić information content (AvgIpc) is 3.35. The van der Waals surface area contributed by atoms with Gasteiger partial charge in [-0.1, -0.05) is 33.8 Å². The molecule has 2 bridgehead atoms. The smallest absolute Gasteiger partial charge is 0.407 e. The highest BCUT2D eigenvalue weighted by Gasteiger charge is 2.67. The second-order valence-corrected chi connectivity index (χ2v) is 10.9. The Morgan fingerprint density at radius 1 is 1.35 bits per heavy atom. The Labute approximate surface area is 187 Å². The SMILES string of the molecule is C=C1C[C@H]2O[C@H]([C@H]3[C@@H]2C2(CC[C@@H]3C(C)C)CO2)[C@](C)(O)CC[C@@H]1OC(=O)NCCCC. The van der Waals surface area contributed by atoms with Gasteiger partial charge in [0.25, 0.3) is 0 Å². The van der Waals surface area contributed by atoms with Gasteiger partial charge in [-0.25, -0.2) is 4.79 Å². The Bertz CT molecular complexity index is 685. The van der Waals surface area contributed by atoms with Gasteiger partial charge in [-0.2, -0.15) is 0 Å². The predicted octanol–water partition coefficient (Wildman–Crippen LogP) is 4.21. The second-order valence-electron chi connectivity index (χ2n) is 10.9. The largest absolute Gasteiger partial charge is 0.442 e. The van der Waals surface area contributed by atoms with Crippen LogP contribution in [0.4, 0.5) is 4.79 Å². The molecule has 4 rings (SSSR count). The molecule has 6 nitrogen and oxygen atoms in total. The van der Waals surface area contributed by atoms with Crippen molar-refractivity contribution in [2.75, 3.05) is 13.2 Å². The van der Waals surface area contributed by atoms with Crippen LogP contribution in [0, 0.1) is 23.7 Å². The summed E-state index contributed by atoms with van der Waals surface area (Å²) in [5.74, 6) is 1.61. The molecule has 0 aromatic carbocycles. The van der Waals surface area contributed by atoms with E-state index in [1.807, 2.05) is 6.92 Å². The number of carbonyl (C=O) groups excluding carboxylic acids is 1. The van der Waals surface area contributed by atoms with Crippen molar-refractivity contribution in [2.24, 2.45) is 23.7 Å². The fourth-order valence-corrected chi connectivity index (χ4v) is 6.53. The van der Waals surface area contributed by atoms with Crippen LogP contribution in [-0.4, -0.2) is 53.9 Å². The Balaban J connectivity index is 1.56. The van der Waals surface area contributed by atoms with E-state index >= 15 is 0 Å². The lowest BCUT2D eigenvalue weighted by atomic mass is 9.59. The number of aliphatic hydroxyl groups is 1. The fraction of sp³-hybridized carbons (Fsp3) is 0.880. The number of ether oxygens (including phenoxy) is 3. The maximum absolute atomic E-state index is 12.3. The van der Waals surface area contributed by atoms with Crippen molar-refractivity contribution in [2.45, 2.75) is 102 Å². The minimum absolute atomic E-state index is 0.0506. The molecule has 0 aromatic heterocycles. The maximum Gasteiger partial charge on any atom is 0.407 e. The summed E-state index contributed by atoms with van der Waals surface area (Å²) >= 11 is 0. The summed E-state index contributed by atoms with van der Waals surface area (Å²) in [5.41, 5.74) is -0.197. The van der Waals surface area contributed by atoms with Gasteiger partial charge < -0.3 is 24.6 Å². The molecule has 3 heterocycles. The van der Waals surface area contributed by atoms with E-state index in [0.717, 1.165) is 37.9 Å². The number of nitrogens with one attached hydrogen (secondary N) is 1. The van der Waals surface area contributed by atoms with Crippen LogP contribution in [0.25, 0.3) is 0 Å². The van der Waals surface area contributed by atoms with E-state index in [9.17, 15) is 9.90 Å². The lowest BCUT2D eigenvalue weighted by Gasteiger charge is -2.45. The summed E-state index contributed by atoms with van der Waals surface area (Å²) in [5, 5.41) is 14.4. The van der Waals surface area contributed by atoms with Gasteiger partial charge in [0.05, 0.1) is 30.0 Å². The Hall–Kier alpha value is -1.11. The first-order valence-electron chi connectivity index (χ1n) is 12.3. The molecule has 0 aromatic rings. The lowest BCUT2D eigenvalue weighted by Crippen LogP contribution is -2.52. The van der Waals surface area contributed by atoms with Crippen LogP contribution in [0.3, 0.4) is 0 Å². The normalized spacial score (nSPS) is 44.4. The van der Waals surface area contributed by atoms with Gasteiger partial charge >= 0.3 is 6.09 Å². The van der Waals surface area contributed by atoms with Crippen molar-refractivity contribution in [1.29, 1.82) is 0 Å². The van der Waals surface area contributed by atoms with Crippen molar-refractivity contribution in [3.63, 3.8) is 0 Å². The summed E-state index contributed by atoms with van der Waals surface area (Å²) in [6.45, 7) is 14.3. The first-order valence-corrected chi connectivity index (χ1v) is 12.3.